The summed E-state index contributed by atoms with van der Waals surface area (Å²) in [7, 11) is 0. The lowest BCUT2D eigenvalue weighted by Gasteiger charge is -2.15. The van der Waals surface area contributed by atoms with Crippen LogP contribution in [-0.2, 0) is 11.2 Å². The SMILES string of the molecule is CC(Cc1c(F)cccc1F)NC(=O)COc1ccc([N+](=O)[O-])cc1. The summed E-state index contributed by atoms with van der Waals surface area (Å²) in [5, 5.41) is 13.1. The Morgan fingerprint density at radius 3 is 2.36 bits per heavy atom. The van der Waals surface area contributed by atoms with E-state index in [2.05, 4.69) is 5.32 Å². The molecule has 0 fully saturated rings. The lowest BCUT2D eigenvalue weighted by molar-refractivity contribution is -0.384. The van der Waals surface area contributed by atoms with Crippen LogP contribution < -0.4 is 10.1 Å². The van der Waals surface area contributed by atoms with Crippen molar-refractivity contribution in [1.29, 1.82) is 0 Å². The van der Waals surface area contributed by atoms with Crippen molar-refractivity contribution < 1.29 is 23.2 Å². The van der Waals surface area contributed by atoms with Gasteiger partial charge in [0.05, 0.1) is 4.92 Å². The maximum atomic E-state index is 13.6. The van der Waals surface area contributed by atoms with Gasteiger partial charge in [-0.15, -0.1) is 0 Å². The van der Waals surface area contributed by atoms with E-state index in [1.54, 1.807) is 6.92 Å². The smallest absolute Gasteiger partial charge is 0.269 e. The molecule has 0 aliphatic rings. The summed E-state index contributed by atoms with van der Waals surface area (Å²) in [5.74, 6) is -1.50. The van der Waals surface area contributed by atoms with Gasteiger partial charge in [0.15, 0.2) is 6.61 Å². The maximum Gasteiger partial charge on any atom is 0.269 e. The molecule has 6 nitrogen and oxygen atoms in total. The van der Waals surface area contributed by atoms with Crippen molar-refractivity contribution in [2.45, 2.75) is 19.4 Å². The number of carbonyl (C=O) groups is 1. The van der Waals surface area contributed by atoms with Gasteiger partial charge in [0, 0.05) is 23.7 Å². The van der Waals surface area contributed by atoms with Gasteiger partial charge in [0.2, 0.25) is 0 Å². The molecule has 2 aromatic carbocycles. The monoisotopic (exact) mass is 350 g/mol. The van der Waals surface area contributed by atoms with Crippen LogP contribution in [0.3, 0.4) is 0 Å². The number of nitro benzene ring substituents is 1. The Morgan fingerprint density at radius 2 is 1.80 bits per heavy atom. The number of rotatable bonds is 7. The number of nitro groups is 1. The van der Waals surface area contributed by atoms with Crippen LogP contribution in [0.15, 0.2) is 42.5 Å². The van der Waals surface area contributed by atoms with Crippen molar-refractivity contribution in [2.75, 3.05) is 6.61 Å². The van der Waals surface area contributed by atoms with E-state index in [-0.39, 0.29) is 24.3 Å². The Morgan fingerprint density at radius 1 is 1.20 bits per heavy atom. The van der Waals surface area contributed by atoms with Gasteiger partial charge >= 0.3 is 0 Å². The number of hydrogen-bond acceptors (Lipinski definition) is 4. The van der Waals surface area contributed by atoms with E-state index in [9.17, 15) is 23.7 Å². The van der Waals surface area contributed by atoms with Crippen LogP contribution >= 0.6 is 0 Å². The van der Waals surface area contributed by atoms with E-state index in [0.717, 1.165) is 12.1 Å². The first-order chi connectivity index (χ1) is 11.9. The Hall–Kier alpha value is -3.03. The van der Waals surface area contributed by atoms with Crippen molar-refractivity contribution in [3.63, 3.8) is 0 Å². The molecule has 0 spiro atoms. The molecule has 0 bridgehead atoms. The Balaban J connectivity index is 1.84. The quantitative estimate of drug-likeness (QED) is 0.615. The molecule has 8 heteroatoms. The summed E-state index contributed by atoms with van der Waals surface area (Å²) in [6.07, 6.45) is 0.00176. The van der Waals surface area contributed by atoms with Gasteiger partial charge in [-0.05, 0) is 37.6 Å². The maximum absolute atomic E-state index is 13.6. The molecule has 0 radical (unpaired) electrons. The Kier molecular flexibility index (Phi) is 5.99. The van der Waals surface area contributed by atoms with Crippen molar-refractivity contribution in [2.24, 2.45) is 0 Å². The zero-order chi connectivity index (χ0) is 18.4. The standard InChI is InChI=1S/C17H16F2N2O4/c1-11(9-14-15(18)3-2-4-16(14)19)20-17(22)10-25-13-7-5-12(6-8-13)21(23)24/h2-8,11H,9-10H2,1H3,(H,20,22). The second kappa shape index (κ2) is 8.18. The van der Waals surface area contributed by atoms with Crippen LogP contribution in [0.1, 0.15) is 12.5 Å². The summed E-state index contributed by atoms with van der Waals surface area (Å²) in [4.78, 5) is 21.8. The summed E-state index contributed by atoms with van der Waals surface area (Å²) in [6, 6.07) is 8.37. The number of carbonyl (C=O) groups excluding carboxylic acids is 1. The molecule has 0 heterocycles. The number of amides is 1. The zero-order valence-corrected chi connectivity index (χ0v) is 13.4. The number of ether oxygens (including phenoxy) is 1. The number of nitrogens with one attached hydrogen (secondary N) is 1. The van der Waals surface area contributed by atoms with Gasteiger partial charge in [-0.2, -0.15) is 0 Å². The van der Waals surface area contributed by atoms with Crippen LogP contribution in [0.25, 0.3) is 0 Å². The van der Waals surface area contributed by atoms with E-state index < -0.39 is 28.5 Å². The third-order valence-electron chi connectivity index (χ3n) is 3.40. The first-order valence-corrected chi connectivity index (χ1v) is 7.46. The molecular formula is C17H16F2N2O4. The fourth-order valence-corrected chi connectivity index (χ4v) is 2.21. The van der Waals surface area contributed by atoms with Crippen LogP contribution in [0.4, 0.5) is 14.5 Å². The van der Waals surface area contributed by atoms with E-state index in [4.69, 9.17) is 4.74 Å². The van der Waals surface area contributed by atoms with Gasteiger partial charge in [-0.1, -0.05) is 6.07 Å². The highest BCUT2D eigenvalue weighted by Crippen LogP contribution is 2.17. The van der Waals surface area contributed by atoms with Gasteiger partial charge in [0.1, 0.15) is 17.4 Å². The minimum Gasteiger partial charge on any atom is -0.484 e. The highest BCUT2D eigenvalue weighted by atomic mass is 19.1. The van der Waals surface area contributed by atoms with Crippen molar-refractivity contribution in [3.8, 4) is 5.75 Å². The lowest BCUT2D eigenvalue weighted by atomic mass is 10.1. The number of nitrogens with zero attached hydrogens (tertiary/aromatic N) is 1. The van der Waals surface area contributed by atoms with Gasteiger partial charge in [0.25, 0.3) is 11.6 Å². The highest BCUT2D eigenvalue weighted by Gasteiger charge is 2.15. The molecule has 1 atom stereocenters. The van der Waals surface area contributed by atoms with E-state index >= 15 is 0 Å². The van der Waals surface area contributed by atoms with Crippen LogP contribution in [0.5, 0.6) is 5.75 Å². The molecule has 0 saturated heterocycles. The van der Waals surface area contributed by atoms with Crippen LogP contribution in [0.2, 0.25) is 0 Å². The number of halogens is 2. The minimum atomic E-state index is -0.664. The highest BCUT2D eigenvalue weighted by molar-refractivity contribution is 5.77. The molecule has 1 amide bonds. The van der Waals surface area contributed by atoms with E-state index in [1.807, 2.05) is 0 Å². The van der Waals surface area contributed by atoms with Crippen LogP contribution in [0, 0.1) is 21.7 Å². The molecule has 0 aliphatic heterocycles. The first-order valence-electron chi connectivity index (χ1n) is 7.46. The molecule has 1 N–H and O–H groups in total. The third-order valence-corrected chi connectivity index (χ3v) is 3.40. The largest absolute Gasteiger partial charge is 0.484 e. The Bertz CT molecular complexity index is 745. The van der Waals surface area contributed by atoms with Crippen LogP contribution in [-0.4, -0.2) is 23.5 Å². The summed E-state index contributed by atoms with van der Waals surface area (Å²) in [6.45, 7) is 1.30. The fourth-order valence-electron chi connectivity index (χ4n) is 2.21. The normalized spacial score (nSPS) is 11.6. The average Bonchev–Trinajstić information content (AvgIpc) is 2.57. The Labute approximate surface area is 142 Å². The van der Waals surface area contributed by atoms with E-state index in [0.29, 0.717) is 5.75 Å². The molecular weight excluding hydrogens is 334 g/mol. The average molecular weight is 350 g/mol. The number of hydrogen-bond donors (Lipinski definition) is 1. The lowest BCUT2D eigenvalue weighted by Crippen LogP contribution is -2.37. The number of non-ortho nitro benzene ring substituents is 1. The molecule has 25 heavy (non-hydrogen) atoms. The second-order valence-electron chi connectivity index (χ2n) is 5.41. The molecule has 2 aromatic rings. The van der Waals surface area contributed by atoms with Crippen molar-refractivity contribution >= 4 is 11.6 Å². The summed E-state index contributed by atoms with van der Waals surface area (Å²) < 4.78 is 32.4. The van der Waals surface area contributed by atoms with Gasteiger partial charge in [-0.25, -0.2) is 8.78 Å². The fraction of sp³-hybridized carbons (Fsp3) is 0.235. The van der Waals surface area contributed by atoms with Crippen molar-refractivity contribution in [3.05, 3.63) is 69.8 Å². The topological polar surface area (TPSA) is 81.5 Å². The van der Waals surface area contributed by atoms with Gasteiger partial charge < -0.3 is 10.1 Å². The predicted octanol–water partition coefficient (Wildman–Crippen LogP) is 3.00. The third kappa shape index (κ3) is 5.23. The summed E-state index contributed by atoms with van der Waals surface area (Å²) in [5.41, 5.74) is -0.177. The second-order valence-corrected chi connectivity index (χ2v) is 5.41. The summed E-state index contributed by atoms with van der Waals surface area (Å²) >= 11 is 0. The minimum absolute atomic E-state index is 0.00176. The molecule has 2 rings (SSSR count). The first kappa shape index (κ1) is 18.3. The van der Waals surface area contributed by atoms with Gasteiger partial charge in [-0.3, -0.25) is 14.9 Å². The zero-order valence-electron chi connectivity index (χ0n) is 13.4. The molecule has 0 aromatic heterocycles. The molecule has 132 valence electrons. The molecule has 0 aliphatic carbocycles. The number of benzene rings is 2. The predicted molar refractivity (Wildman–Crippen MR) is 86.3 cm³/mol. The molecule has 1 unspecified atom stereocenters. The molecule has 0 saturated carbocycles. The van der Waals surface area contributed by atoms with E-state index in [1.165, 1.54) is 30.3 Å². The van der Waals surface area contributed by atoms with Crippen molar-refractivity contribution in [1.82, 2.24) is 5.32 Å².